The highest BCUT2D eigenvalue weighted by Crippen LogP contribution is 2.19. The van der Waals surface area contributed by atoms with E-state index in [1.165, 1.54) is 6.08 Å². The lowest BCUT2D eigenvalue weighted by Gasteiger charge is -2.08. The van der Waals surface area contributed by atoms with Gasteiger partial charge in [-0.25, -0.2) is 0 Å². The zero-order valence-corrected chi connectivity index (χ0v) is 9.23. The van der Waals surface area contributed by atoms with Crippen LogP contribution in [-0.2, 0) is 0 Å². The average Bonchev–Trinajstić information content (AvgIpc) is 2.14. The summed E-state index contributed by atoms with van der Waals surface area (Å²) in [5.74, 6) is 0. The SMILES string of the molecule is C=N/C(Cl)=C\C(Cl)=C(/C)C(O)CC. The zero-order valence-electron chi connectivity index (χ0n) is 7.72. The Hall–Kier alpha value is -0.310. The molecule has 0 amide bonds. The van der Waals surface area contributed by atoms with Crippen LogP contribution in [0.15, 0.2) is 26.8 Å². The summed E-state index contributed by atoms with van der Waals surface area (Å²) in [7, 11) is 0. The normalized spacial score (nSPS) is 16.5. The molecule has 0 fully saturated rings. The van der Waals surface area contributed by atoms with Crippen molar-refractivity contribution in [2.45, 2.75) is 26.4 Å². The smallest absolute Gasteiger partial charge is 0.129 e. The van der Waals surface area contributed by atoms with Crippen molar-refractivity contribution < 1.29 is 5.11 Å². The third-order valence-corrected chi connectivity index (χ3v) is 2.30. The number of halogens is 2. The molecular weight excluding hydrogens is 209 g/mol. The van der Waals surface area contributed by atoms with Crippen molar-refractivity contribution in [2.75, 3.05) is 0 Å². The molecule has 0 rings (SSSR count). The first-order chi connectivity index (χ1) is 6.02. The molecule has 2 nitrogen and oxygen atoms in total. The van der Waals surface area contributed by atoms with Gasteiger partial charge < -0.3 is 5.11 Å². The molecule has 0 heterocycles. The van der Waals surface area contributed by atoms with E-state index in [0.717, 1.165) is 0 Å². The van der Waals surface area contributed by atoms with Crippen LogP contribution in [0.1, 0.15) is 20.3 Å². The van der Waals surface area contributed by atoms with Gasteiger partial charge in [-0.15, -0.1) is 0 Å². The van der Waals surface area contributed by atoms with Crippen molar-refractivity contribution in [3.8, 4) is 0 Å². The third-order valence-electron chi connectivity index (χ3n) is 1.66. The number of aliphatic hydroxyl groups excluding tert-OH is 1. The van der Waals surface area contributed by atoms with E-state index in [4.69, 9.17) is 23.2 Å². The summed E-state index contributed by atoms with van der Waals surface area (Å²) in [5.41, 5.74) is 0.686. The van der Waals surface area contributed by atoms with Crippen molar-refractivity contribution >= 4 is 29.9 Å². The summed E-state index contributed by atoms with van der Waals surface area (Å²) in [5, 5.41) is 10.0. The fourth-order valence-electron chi connectivity index (χ4n) is 0.729. The van der Waals surface area contributed by atoms with Gasteiger partial charge in [0.1, 0.15) is 5.16 Å². The molecule has 1 atom stereocenters. The maximum Gasteiger partial charge on any atom is 0.129 e. The van der Waals surface area contributed by atoms with E-state index in [0.29, 0.717) is 17.0 Å². The molecule has 0 aliphatic heterocycles. The summed E-state index contributed by atoms with van der Waals surface area (Å²) in [6.07, 6.45) is 1.55. The molecule has 74 valence electrons. The zero-order chi connectivity index (χ0) is 10.4. The minimum atomic E-state index is -0.530. The summed E-state index contributed by atoms with van der Waals surface area (Å²) >= 11 is 11.4. The van der Waals surface area contributed by atoms with Crippen LogP contribution in [0.3, 0.4) is 0 Å². The molecule has 0 spiro atoms. The fraction of sp³-hybridized carbons (Fsp3) is 0.444. The first kappa shape index (κ1) is 12.7. The lowest BCUT2D eigenvalue weighted by Crippen LogP contribution is -2.06. The Labute approximate surface area is 88.6 Å². The first-order valence-electron chi connectivity index (χ1n) is 3.91. The van der Waals surface area contributed by atoms with E-state index < -0.39 is 6.10 Å². The van der Waals surface area contributed by atoms with Crippen molar-refractivity contribution in [1.82, 2.24) is 0 Å². The minimum absolute atomic E-state index is 0.215. The number of rotatable bonds is 4. The molecule has 0 bridgehead atoms. The molecule has 1 N–H and O–H groups in total. The average molecular weight is 222 g/mol. The molecule has 0 saturated carbocycles. The van der Waals surface area contributed by atoms with Crippen LogP contribution in [0, 0.1) is 0 Å². The van der Waals surface area contributed by atoms with Crippen LogP contribution in [0.4, 0.5) is 0 Å². The van der Waals surface area contributed by atoms with E-state index in [2.05, 4.69) is 11.7 Å². The summed E-state index contributed by atoms with van der Waals surface area (Å²) in [6.45, 7) is 6.86. The van der Waals surface area contributed by atoms with Gasteiger partial charge in [0.15, 0.2) is 0 Å². The van der Waals surface area contributed by atoms with Crippen LogP contribution in [-0.4, -0.2) is 17.9 Å². The number of allylic oxidation sites excluding steroid dienone is 2. The molecule has 13 heavy (non-hydrogen) atoms. The molecule has 0 radical (unpaired) electrons. The maximum absolute atomic E-state index is 9.42. The Kier molecular flexibility index (Phi) is 6.04. The first-order valence-corrected chi connectivity index (χ1v) is 4.66. The van der Waals surface area contributed by atoms with Gasteiger partial charge in [-0.1, -0.05) is 30.1 Å². The predicted molar refractivity (Wildman–Crippen MR) is 58.3 cm³/mol. The highest BCUT2D eigenvalue weighted by atomic mass is 35.5. The summed E-state index contributed by atoms with van der Waals surface area (Å²) in [4.78, 5) is 3.47. The number of hydrogen-bond donors (Lipinski definition) is 1. The standard InChI is InChI=1S/C9H13Cl2NO/c1-4-8(13)6(2)7(10)5-9(11)12-3/h5,8,13H,3-4H2,1-2H3/b7-6-,9-5-. The van der Waals surface area contributed by atoms with Gasteiger partial charge in [-0.2, -0.15) is 0 Å². The molecule has 4 heteroatoms. The molecule has 0 aromatic rings. The quantitative estimate of drug-likeness (QED) is 0.442. The Bertz CT molecular complexity index is 246. The van der Waals surface area contributed by atoms with E-state index in [9.17, 15) is 5.11 Å². The molecule has 1 unspecified atom stereocenters. The Balaban J connectivity index is 4.71. The Morgan fingerprint density at radius 2 is 2.15 bits per heavy atom. The molecule has 0 aromatic carbocycles. The van der Waals surface area contributed by atoms with E-state index in [1.807, 2.05) is 6.92 Å². The van der Waals surface area contributed by atoms with Crippen LogP contribution < -0.4 is 0 Å². The summed E-state index contributed by atoms with van der Waals surface area (Å²) < 4.78 is 0. The molecule has 0 aliphatic carbocycles. The second-order valence-corrected chi connectivity index (χ2v) is 3.37. The fourth-order valence-corrected chi connectivity index (χ4v) is 1.12. The minimum Gasteiger partial charge on any atom is -0.389 e. The topological polar surface area (TPSA) is 32.6 Å². The molecule has 0 aliphatic rings. The third kappa shape index (κ3) is 4.46. The van der Waals surface area contributed by atoms with Crippen LogP contribution >= 0.6 is 23.2 Å². The van der Waals surface area contributed by atoms with Gasteiger partial charge >= 0.3 is 0 Å². The highest BCUT2D eigenvalue weighted by Gasteiger charge is 2.06. The number of hydrogen-bond acceptors (Lipinski definition) is 2. The van der Waals surface area contributed by atoms with Crippen molar-refractivity contribution in [1.29, 1.82) is 0 Å². The van der Waals surface area contributed by atoms with Gasteiger partial charge in [-0.05, 0) is 31.7 Å². The predicted octanol–water partition coefficient (Wildman–Crippen LogP) is 3.05. The van der Waals surface area contributed by atoms with Gasteiger partial charge in [0.05, 0.1) is 6.10 Å². The van der Waals surface area contributed by atoms with E-state index >= 15 is 0 Å². The number of aliphatic hydroxyl groups is 1. The van der Waals surface area contributed by atoms with Gasteiger partial charge in [0.25, 0.3) is 0 Å². The second-order valence-electron chi connectivity index (χ2n) is 2.58. The second kappa shape index (κ2) is 6.19. The van der Waals surface area contributed by atoms with Crippen LogP contribution in [0.2, 0.25) is 0 Å². The largest absolute Gasteiger partial charge is 0.389 e. The van der Waals surface area contributed by atoms with Crippen molar-refractivity contribution in [2.24, 2.45) is 4.99 Å². The van der Waals surface area contributed by atoms with Gasteiger partial charge in [0.2, 0.25) is 0 Å². The Morgan fingerprint density at radius 1 is 1.62 bits per heavy atom. The highest BCUT2D eigenvalue weighted by molar-refractivity contribution is 6.34. The van der Waals surface area contributed by atoms with Crippen LogP contribution in [0.5, 0.6) is 0 Å². The van der Waals surface area contributed by atoms with E-state index in [-0.39, 0.29) is 5.16 Å². The molecule has 0 saturated heterocycles. The van der Waals surface area contributed by atoms with E-state index in [1.54, 1.807) is 6.92 Å². The van der Waals surface area contributed by atoms with Crippen molar-refractivity contribution in [3.63, 3.8) is 0 Å². The number of nitrogens with zero attached hydrogens (tertiary/aromatic N) is 1. The molecule has 0 aromatic heterocycles. The Morgan fingerprint density at radius 3 is 2.54 bits per heavy atom. The maximum atomic E-state index is 9.42. The lowest BCUT2D eigenvalue weighted by molar-refractivity contribution is 0.206. The lowest BCUT2D eigenvalue weighted by atomic mass is 10.1. The van der Waals surface area contributed by atoms with Crippen molar-refractivity contribution in [3.05, 3.63) is 21.8 Å². The van der Waals surface area contributed by atoms with Crippen LogP contribution in [0.25, 0.3) is 0 Å². The summed E-state index contributed by atoms with van der Waals surface area (Å²) in [6, 6.07) is 0. The number of aliphatic imine (C=N–C) groups is 1. The molecular formula is C9H13Cl2NO. The monoisotopic (exact) mass is 221 g/mol. The van der Waals surface area contributed by atoms with Gasteiger partial charge in [0, 0.05) is 5.03 Å². The van der Waals surface area contributed by atoms with Gasteiger partial charge in [-0.3, -0.25) is 4.99 Å².